The van der Waals surface area contributed by atoms with Crippen LogP contribution in [0.3, 0.4) is 0 Å². The third-order valence-electron chi connectivity index (χ3n) is 5.01. The lowest BCUT2D eigenvalue weighted by atomic mass is 9.94. The molecule has 0 aromatic heterocycles. The van der Waals surface area contributed by atoms with Crippen LogP contribution in [0.4, 0.5) is 13.2 Å². The van der Waals surface area contributed by atoms with E-state index < -0.39 is 47.9 Å². The van der Waals surface area contributed by atoms with Gasteiger partial charge in [0, 0.05) is 34.2 Å². The van der Waals surface area contributed by atoms with Crippen molar-refractivity contribution in [2.75, 3.05) is 26.3 Å². The van der Waals surface area contributed by atoms with Crippen LogP contribution in [0.1, 0.15) is 21.5 Å². The van der Waals surface area contributed by atoms with Crippen molar-refractivity contribution in [2.24, 2.45) is 5.92 Å². The van der Waals surface area contributed by atoms with E-state index in [1.54, 1.807) is 6.07 Å². The lowest BCUT2D eigenvalue weighted by Gasteiger charge is -2.38. The second-order valence-corrected chi connectivity index (χ2v) is 8.57. The first kappa shape index (κ1) is 24.4. The van der Waals surface area contributed by atoms with E-state index in [1.165, 1.54) is 17.0 Å². The minimum Gasteiger partial charge on any atom is -0.394 e. The zero-order chi connectivity index (χ0) is 23.4. The second-order valence-electron chi connectivity index (χ2n) is 7.32. The number of benzene rings is 2. The van der Waals surface area contributed by atoms with Gasteiger partial charge in [0.15, 0.2) is 11.6 Å². The molecular formula is C21H20F3IN2O5. The summed E-state index contributed by atoms with van der Waals surface area (Å²) in [6, 6.07) is 6.31. The lowest BCUT2D eigenvalue weighted by Crippen LogP contribution is -2.56. The van der Waals surface area contributed by atoms with Crippen molar-refractivity contribution in [1.82, 2.24) is 10.4 Å². The minimum absolute atomic E-state index is 0.0207. The van der Waals surface area contributed by atoms with Gasteiger partial charge in [-0.25, -0.2) is 18.7 Å². The third kappa shape index (κ3) is 5.57. The van der Waals surface area contributed by atoms with Gasteiger partial charge in [-0.15, -0.1) is 0 Å². The van der Waals surface area contributed by atoms with Crippen molar-refractivity contribution in [3.8, 4) is 0 Å². The summed E-state index contributed by atoms with van der Waals surface area (Å²) in [6.45, 7) is -0.783. The van der Waals surface area contributed by atoms with Crippen LogP contribution < -0.4 is 5.48 Å². The Hall–Kier alpha value is -2.22. The summed E-state index contributed by atoms with van der Waals surface area (Å²) >= 11 is 1.92. The number of carbonyl (C=O) groups is 2. The van der Waals surface area contributed by atoms with Crippen molar-refractivity contribution < 1.29 is 37.8 Å². The maximum atomic E-state index is 14.6. The molecule has 1 fully saturated rings. The summed E-state index contributed by atoms with van der Waals surface area (Å²) in [4.78, 5) is 30.9. The molecule has 2 amide bonds. The fourth-order valence-corrected chi connectivity index (χ4v) is 3.60. The highest BCUT2D eigenvalue weighted by Crippen LogP contribution is 2.26. The van der Waals surface area contributed by atoms with E-state index in [0.29, 0.717) is 3.57 Å². The minimum atomic E-state index is -1.22. The van der Waals surface area contributed by atoms with Gasteiger partial charge in [-0.05, 0) is 52.4 Å². The predicted molar refractivity (Wildman–Crippen MR) is 115 cm³/mol. The van der Waals surface area contributed by atoms with E-state index in [0.717, 1.165) is 12.1 Å². The summed E-state index contributed by atoms with van der Waals surface area (Å²) in [5.41, 5.74) is 1.87. The Kier molecular flexibility index (Phi) is 8.09. The largest absolute Gasteiger partial charge is 0.394 e. The SMILES string of the molecule is O=C(NOCC(O)CO)C1CN(C(=O)c2ccc(F)c(F)c2Cc2ccc(I)cc2F)C1. The standard InChI is InChI=1S/C21H20F3IN2O5/c22-17-4-3-15(16(19(17)24)5-11-1-2-13(25)6-18(11)23)21(31)27-7-12(8-27)20(30)26-32-10-14(29)9-28/h1-4,6,12,14,28-29H,5,7-10H2,(H,26,30). The highest BCUT2D eigenvalue weighted by Gasteiger charge is 2.37. The molecule has 1 unspecified atom stereocenters. The van der Waals surface area contributed by atoms with Crippen LogP contribution in [0.5, 0.6) is 0 Å². The molecule has 1 aliphatic rings. The van der Waals surface area contributed by atoms with E-state index in [4.69, 9.17) is 15.1 Å². The van der Waals surface area contributed by atoms with E-state index in [-0.39, 0.29) is 42.8 Å². The molecule has 7 nitrogen and oxygen atoms in total. The van der Waals surface area contributed by atoms with E-state index >= 15 is 0 Å². The monoisotopic (exact) mass is 564 g/mol. The molecular weight excluding hydrogens is 544 g/mol. The van der Waals surface area contributed by atoms with Crippen molar-refractivity contribution in [2.45, 2.75) is 12.5 Å². The van der Waals surface area contributed by atoms with E-state index in [2.05, 4.69) is 5.48 Å². The van der Waals surface area contributed by atoms with Crippen LogP contribution in [-0.4, -0.2) is 59.3 Å². The third-order valence-corrected chi connectivity index (χ3v) is 5.68. The molecule has 0 radical (unpaired) electrons. The van der Waals surface area contributed by atoms with Gasteiger partial charge in [-0.1, -0.05) is 6.07 Å². The normalized spacial score (nSPS) is 14.8. The number of hydroxylamine groups is 1. The Morgan fingerprint density at radius 1 is 1.19 bits per heavy atom. The number of nitrogens with one attached hydrogen (secondary N) is 1. The molecule has 0 aliphatic carbocycles. The molecule has 1 atom stereocenters. The van der Waals surface area contributed by atoms with Crippen molar-refractivity contribution in [3.05, 3.63) is 68.0 Å². The van der Waals surface area contributed by atoms with Crippen molar-refractivity contribution in [3.63, 3.8) is 0 Å². The van der Waals surface area contributed by atoms with Crippen LogP contribution in [0.2, 0.25) is 0 Å². The molecule has 0 saturated carbocycles. The first-order chi connectivity index (χ1) is 15.2. The molecule has 1 saturated heterocycles. The molecule has 11 heteroatoms. The van der Waals surface area contributed by atoms with Gasteiger partial charge in [0.1, 0.15) is 18.5 Å². The highest BCUT2D eigenvalue weighted by molar-refractivity contribution is 14.1. The number of amides is 2. The van der Waals surface area contributed by atoms with Crippen LogP contribution in [0, 0.1) is 26.9 Å². The zero-order valence-corrected chi connectivity index (χ0v) is 18.8. The summed E-state index contributed by atoms with van der Waals surface area (Å²) < 4.78 is 43.3. The van der Waals surface area contributed by atoms with Crippen molar-refractivity contribution >= 4 is 34.4 Å². The van der Waals surface area contributed by atoms with Gasteiger partial charge in [-0.2, -0.15) is 0 Å². The van der Waals surface area contributed by atoms with Gasteiger partial charge in [0.05, 0.1) is 12.5 Å². The molecule has 0 spiro atoms. The Bertz CT molecular complexity index is 1020. The number of carbonyl (C=O) groups excluding carboxylic acids is 2. The van der Waals surface area contributed by atoms with E-state index in [1.807, 2.05) is 22.6 Å². The molecule has 172 valence electrons. The maximum absolute atomic E-state index is 14.6. The van der Waals surface area contributed by atoms with Crippen LogP contribution in [0.25, 0.3) is 0 Å². The summed E-state index contributed by atoms with van der Waals surface area (Å²) in [7, 11) is 0. The van der Waals surface area contributed by atoms with Crippen LogP contribution in [0.15, 0.2) is 30.3 Å². The molecule has 2 aromatic rings. The quantitative estimate of drug-likeness (QED) is 0.336. The predicted octanol–water partition coefficient (Wildman–Crippen LogP) is 1.77. The molecule has 2 aromatic carbocycles. The Labute approximate surface area is 195 Å². The summed E-state index contributed by atoms with van der Waals surface area (Å²) in [6.07, 6.45) is -1.45. The first-order valence-corrected chi connectivity index (χ1v) is 10.7. The number of aliphatic hydroxyl groups excluding tert-OH is 2. The van der Waals surface area contributed by atoms with Gasteiger partial charge < -0.3 is 15.1 Å². The lowest BCUT2D eigenvalue weighted by molar-refractivity contribution is -0.145. The number of rotatable bonds is 8. The van der Waals surface area contributed by atoms with Gasteiger partial charge in [0.2, 0.25) is 5.91 Å². The number of nitrogens with zero attached hydrogens (tertiary/aromatic N) is 1. The average Bonchev–Trinajstić information content (AvgIpc) is 2.71. The van der Waals surface area contributed by atoms with Crippen molar-refractivity contribution in [1.29, 1.82) is 0 Å². The average molecular weight is 564 g/mol. The Morgan fingerprint density at radius 2 is 1.91 bits per heavy atom. The Balaban J connectivity index is 1.69. The zero-order valence-electron chi connectivity index (χ0n) is 16.7. The number of aliphatic hydroxyl groups is 2. The fraction of sp³-hybridized carbons (Fsp3) is 0.333. The number of hydrogen-bond donors (Lipinski definition) is 3. The van der Waals surface area contributed by atoms with Gasteiger partial charge >= 0.3 is 0 Å². The maximum Gasteiger partial charge on any atom is 0.254 e. The molecule has 1 heterocycles. The molecule has 32 heavy (non-hydrogen) atoms. The summed E-state index contributed by atoms with van der Waals surface area (Å²) in [5.74, 6) is -4.68. The van der Waals surface area contributed by atoms with Gasteiger partial charge in [-0.3, -0.25) is 14.4 Å². The smallest absolute Gasteiger partial charge is 0.254 e. The summed E-state index contributed by atoms with van der Waals surface area (Å²) in [5, 5.41) is 17.9. The van der Waals surface area contributed by atoms with Crippen LogP contribution in [-0.2, 0) is 16.1 Å². The number of hydrogen-bond acceptors (Lipinski definition) is 5. The molecule has 3 rings (SSSR count). The van der Waals surface area contributed by atoms with Crippen LogP contribution >= 0.6 is 22.6 Å². The van der Waals surface area contributed by atoms with E-state index in [9.17, 15) is 22.8 Å². The molecule has 3 N–H and O–H groups in total. The second kappa shape index (κ2) is 10.6. The Morgan fingerprint density at radius 3 is 2.56 bits per heavy atom. The highest BCUT2D eigenvalue weighted by atomic mass is 127. The number of halogens is 4. The number of likely N-dealkylation sites (tertiary alicyclic amines) is 1. The first-order valence-electron chi connectivity index (χ1n) is 9.61. The van der Waals surface area contributed by atoms with Gasteiger partial charge in [0.25, 0.3) is 5.91 Å². The molecule has 1 aliphatic heterocycles. The fourth-order valence-electron chi connectivity index (χ4n) is 3.15. The molecule has 0 bridgehead atoms. The topological polar surface area (TPSA) is 99.1 Å².